The van der Waals surface area contributed by atoms with Gasteiger partial charge in [-0.3, -0.25) is 0 Å². The van der Waals surface area contributed by atoms with E-state index in [0.29, 0.717) is 0 Å². The van der Waals surface area contributed by atoms with Crippen LogP contribution in [0.3, 0.4) is 0 Å². The number of hydrogen-bond acceptors (Lipinski definition) is 3. The number of ether oxygens (including phenoxy) is 1. The van der Waals surface area contributed by atoms with Gasteiger partial charge >= 0.3 is 0 Å². The summed E-state index contributed by atoms with van der Waals surface area (Å²) in [6, 6.07) is 10.2. The maximum Gasteiger partial charge on any atom is 0.261 e. The van der Waals surface area contributed by atoms with Crippen molar-refractivity contribution < 1.29 is 13.2 Å². The second-order valence-electron chi connectivity index (χ2n) is 4.07. The molecule has 3 nitrogen and oxygen atoms in total. The molecule has 21 heavy (non-hydrogen) atoms. The third-order valence-corrected chi connectivity index (χ3v) is 5.16. The zero-order valence-corrected chi connectivity index (χ0v) is 15.6. The van der Waals surface area contributed by atoms with Gasteiger partial charge in [0.2, 0.25) is 0 Å². The van der Waals surface area contributed by atoms with Crippen molar-refractivity contribution in [2.45, 2.75) is 11.5 Å². The highest BCUT2D eigenvalue weighted by molar-refractivity contribution is 14.1. The fourth-order valence-electron chi connectivity index (χ4n) is 1.55. The van der Waals surface area contributed by atoms with Crippen molar-refractivity contribution in [1.82, 2.24) is 0 Å². The Morgan fingerprint density at radius 2 is 1.57 bits per heavy atom. The number of hydrogen-bond donors (Lipinski definition) is 0. The molecule has 112 valence electrons. The van der Waals surface area contributed by atoms with Crippen LogP contribution < -0.4 is 4.74 Å². The molecule has 2 rings (SSSR count). The van der Waals surface area contributed by atoms with Gasteiger partial charge in [0.15, 0.2) is 5.75 Å². The standard InChI is InChI=1S/C13H8Cl3IO3S/c14-11-5-10(21(16,18)19)6-12(15)13(11)20-7-8-1-3-9(17)4-2-8/h1-6H,7H2. The van der Waals surface area contributed by atoms with Crippen LogP contribution in [-0.2, 0) is 15.7 Å². The van der Waals surface area contributed by atoms with Crippen molar-refractivity contribution in [3.8, 4) is 5.75 Å². The number of halogens is 4. The summed E-state index contributed by atoms with van der Waals surface area (Å²) in [5.41, 5.74) is 0.941. The van der Waals surface area contributed by atoms with Gasteiger partial charge in [-0.25, -0.2) is 8.42 Å². The lowest BCUT2D eigenvalue weighted by molar-refractivity contribution is 0.306. The van der Waals surface area contributed by atoms with E-state index in [-0.39, 0.29) is 27.3 Å². The van der Waals surface area contributed by atoms with Crippen molar-refractivity contribution in [2.75, 3.05) is 0 Å². The quantitative estimate of drug-likeness (QED) is 0.454. The molecule has 0 spiro atoms. The van der Waals surface area contributed by atoms with Crippen LogP contribution in [0.5, 0.6) is 5.75 Å². The Morgan fingerprint density at radius 1 is 1.05 bits per heavy atom. The minimum Gasteiger partial charge on any atom is -0.486 e. The molecule has 0 radical (unpaired) electrons. The van der Waals surface area contributed by atoms with E-state index in [4.69, 9.17) is 38.6 Å². The Hall–Kier alpha value is -0.210. The van der Waals surface area contributed by atoms with Crippen LogP contribution in [0, 0.1) is 3.57 Å². The van der Waals surface area contributed by atoms with Crippen LogP contribution in [0.4, 0.5) is 0 Å². The summed E-state index contributed by atoms with van der Waals surface area (Å²) < 4.78 is 29.2. The number of benzene rings is 2. The van der Waals surface area contributed by atoms with Crippen molar-refractivity contribution in [2.24, 2.45) is 0 Å². The average Bonchev–Trinajstić information content (AvgIpc) is 2.38. The third-order valence-electron chi connectivity index (χ3n) is 2.55. The molecular formula is C13H8Cl3IO3S. The van der Waals surface area contributed by atoms with E-state index < -0.39 is 9.05 Å². The molecule has 0 unspecified atom stereocenters. The summed E-state index contributed by atoms with van der Waals surface area (Å²) in [7, 11) is 1.37. The molecule has 0 saturated heterocycles. The number of rotatable bonds is 4. The van der Waals surface area contributed by atoms with Crippen molar-refractivity contribution >= 4 is 65.5 Å². The van der Waals surface area contributed by atoms with Gasteiger partial charge in [-0.15, -0.1) is 0 Å². The van der Waals surface area contributed by atoms with Crippen molar-refractivity contribution in [3.63, 3.8) is 0 Å². The maximum atomic E-state index is 11.3. The second kappa shape index (κ2) is 6.91. The highest BCUT2D eigenvalue weighted by Gasteiger charge is 2.17. The molecule has 0 aliphatic rings. The summed E-state index contributed by atoms with van der Waals surface area (Å²) in [5, 5.41) is 0.180. The summed E-state index contributed by atoms with van der Waals surface area (Å²) >= 11 is 14.2. The topological polar surface area (TPSA) is 43.4 Å². The molecule has 0 bridgehead atoms. The summed E-state index contributed by atoms with van der Waals surface area (Å²) in [5.74, 6) is 0.223. The molecule has 0 N–H and O–H groups in total. The van der Waals surface area contributed by atoms with Crippen LogP contribution in [-0.4, -0.2) is 8.42 Å². The van der Waals surface area contributed by atoms with Crippen LogP contribution in [0.25, 0.3) is 0 Å². The molecule has 8 heteroatoms. The fraction of sp³-hybridized carbons (Fsp3) is 0.0769. The first-order valence-electron chi connectivity index (χ1n) is 5.58. The maximum absolute atomic E-state index is 11.3. The lowest BCUT2D eigenvalue weighted by Crippen LogP contribution is -1.98. The van der Waals surface area contributed by atoms with E-state index in [1.807, 2.05) is 24.3 Å². The molecule has 0 aliphatic heterocycles. The normalized spacial score (nSPS) is 11.4. The van der Waals surface area contributed by atoms with Gasteiger partial charge in [0.1, 0.15) is 6.61 Å². The molecule has 0 amide bonds. The monoisotopic (exact) mass is 476 g/mol. The van der Waals surface area contributed by atoms with E-state index in [2.05, 4.69) is 22.6 Å². The third kappa shape index (κ3) is 4.63. The van der Waals surface area contributed by atoms with Gasteiger partial charge in [-0.1, -0.05) is 35.3 Å². The van der Waals surface area contributed by atoms with Crippen LogP contribution in [0.15, 0.2) is 41.3 Å². The van der Waals surface area contributed by atoms with Gasteiger partial charge in [-0.05, 0) is 52.4 Å². The molecular weight excluding hydrogens is 469 g/mol. The molecule has 2 aromatic carbocycles. The molecule has 0 aliphatic carbocycles. The Kier molecular flexibility index (Phi) is 5.65. The molecule has 0 aromatic heterocycles. The van der Waals surface area contributed by atoms with E-state index in [0.717, 1.165) is 9.13 Å². The van der Waals surface area contributed by atoms with Crippen molar-refractivity contribution in [1.29, 1.82) is 0 Å². The van der Waals surface area contributed by atoms with Gasteiger partial charge < -0.3 is 4.74 Å². The van der Waals surface area contributed by atoms with Gasteiger partial charge in [0, 0.05) is 14.3 Å². The summed E-state index contributed by atoms with van der Waals surface area (Å²) in [6.45, 7) is 0.267. The Labute approximate surface area is 150 Å². The Bertz CT molecular complexity index is 738. The van der Waals surface area contributed by atoms with Gasteiger partial charge in [0.25, 0.3) is 9.05 Å². The van der Waals surface area contributed by atoms with Crippen LogP contribution in [0.2, 0.25) is 10.0 Å². The van der Waals surface area contributed by atoms with Gasteiger partial charge in [0.05, 0.1) is 14.9 Å². The highest BCUT2D eigenvalue weighted by Crippen LogP contribution is 2.36. The van der Waals surface area contributed by atoms with E-state index in [1.54, 1.807) is 0 Å². The molecule has 0 fully saturated rings. The average molecular weight is 478 g/mol. The van der Waals surface area contributed by atoms with Gasteiger partial charge in [-0.2, -0.15) is 0 Å². The molecule has 2 aromatic rings. The fourth-order valence-corrected chi connectivity index (χ4v) is 3.42. The van der Waals surface area contributed by atoms with Crippen LogP contribution >= 0.6 is 56.5 Å². The van der Waals surface area contributed by atoms with Crippen LogP contribution in [0.1, 0.15) is 5.56 Å². The SMILES string of the molecule is O=S(=O)(Cl)c1cc(Cl)c(OCc2ccc(I)cc2)c(Cl)c1. The predicted molar refractivity (Wildman–Crippen MR) is 93.0 cm³/mol. The molecule has 0 heterocycles. The summed E-state index contributed by atoms with van der Waals surface area (Å²) in [6.07, 6.45) is 0. The van der Waals surface area contributed by atoms with E-state index >= 15 is 0 Å². The highest BCUT2D eigenvalue weighted by atomic mass is 127. The minimum atomic E-state index is -3.89. The zero-order valence-electron chi connectivity index (χ0n) is 10.3. The Morgan fingerprint density at radius 3 is 2.05 bits per heavy atom. The summed E-state index contributed by atoms with van der Waals surface area (Å²) in [4.78, 5) is -0.166. The zero-order chi connectivity index (χ0) is 15.6. The first-order chi connectivity index (χ1) is 9.77. The minimum absolute atomic E-state index is 0.0900. The molecule has 0 atom stereocenters. The first kappa shape index (κ1) is 17.1. The second-order valence-corrected chi connectivity index (χ2v) is 8.70. The lowest BCUT2D eigenvalue weighted by atomic mass is 10.2. The lowest BCUT2D eigenvalue weighted by Gasteiger charge is -2.11. The molecule has 0 saturated carbocycles. The smallest absolute Gasteiger partial charge is 0.261 e. The van der Waals surface area contributed by atoms with E-state index in [9.17, 15) is 8.42 Å². The first-order valence-corrected chi connectivity index (χ1v) is 9.73. The van der Waals surface area contributed by atoms with E-state index in [1.165, 1.54) is 12.1 Å². The largest absolute Gasteiger partial charge is 0.486 e. The predicted octanol–water partition coefficient (Wildman–Crippen LogP) is 5.10. The van der Waals surface area contributed by atoms with Crippen molar-refractivity contribution in [3.05, 3.63) is 55.6 Å². The Balaban J connectivity index is 2.23.